The standard InChI is InChI=1S/C9H20N2O2S2/c1-7(2)11(6-5-9(10)14)15(12,13)8(3)4/h7-8H,5-6H2,1-4H3,(H2,10,14). The van der Waals surface area contributed by atoms with E-state index in [-0.39, 0.29) is 6.04 Å². The minimum Gasteiger partial charge on any atom is -0.393 e. The monoisotopic (exact) mass is 252 g/mol. The second-order valence-electron chi connectivity index (χ2n) is 4.01. The molecule has 0 aliphatic heterocycles. The molecular formula is C9H20N2O2S2. The van der Waals surface area contributed by atoms with Crippen molar-refractivity contribution in [3.8, 4) is 0 Å². The van der Waals surface area contributed by atoms with E-state index in [1.165, 1.54) is 4.31 Å². The average Bonchev–Trinajstić information content (AvgIpc) is 2.01. The van der Waals surface area contributed by atoms with Crippen molar-refractivity contribution in [1.82, 2.24) is 4.31 Å². The lowest BCUT2D eigenvalue weighted by atomic mass is 10.3. The lowest BCUT2D eigenvalue weighted by Crippen LogP contribution is -2.42. The van der Waals surface area contributed by atoms with Gasteiger partial charge in [-0.25, -0.2) is 8.42 Å². The van der Waals surface area contributed by atoms with E-state index in [0.717, 1.165) is 0 Å². The topological polar surface area (TPSA) is 63.4 Å². The van der Waals surface area contributed by atoms with Crippen LogP contribution in [0.15, 0.2) is 0 Å². The molecule has 90 valence electrons. The molecule has 0 heterocycles. The number of nitrogens with zero attached hydrogens (tertiary/aromatic N) is 1. The summed E-state index contributed by atoms with van der Waals surface area (Å²) in [4.78, 5) is 0.347. The van der Waals surface area contributed by atoms with Crippen LogP contribution in [0.2, 0.25) is 0 Å². The Morgan fingerprint density at radius 1 is 1.33 bits per heavy atom. The van der Waals surface area contributed by atoms with Crippen molar-refractivity contribution in [2.45, 2.75) is 45.4 Å². The molecule has 0 radical (unpaired) electrons. The first-order valence-corrected chi connectivity index (χ1v) is 6.89. The van der Waals surface area contributed by atoms with Crippen LogP contribution >= 0.6 is 12.2 Å². The van der Waals surface area contributed by atoms with Crippen molar-refractivity contribution in [3.05, 3.63) is 0 Å². The van der Waals surface area contributed by atoms with Gasteiger partial charge in [-0.15, -0.1) is 0 Å². The molecule has 0 saturated carbocycles. The first-order chi connectivity index (χ1) is 6.69. The summed E-state index contributed by atoms with van der Waals surface area (Å²) in [5.41, 5.74) is 5.37. The molecule has 0 saturated heterocycles. The summed E-state index contributed by atoms with van der Waals surface area (Å²) in [6.07, 6.45) is 0.430. The van der Waals surface area contributed by atoms with Crippen LogP contribution in [0.3, 0.4) is 0 Å². The van der Waals surface area contributed by atoms with E-state index >= 15 is 0 Å². The van der Waals surface area contributed by atoms with Crippen molar-refractivity contribution >= 4 is 27.2 Å². The van der Waals surface area contributed by atoms with Crippen LogP contribution in [0.4, 0.5) is 0 Å². The molecule has 2 N–H and O–H groups in total. The summed E-state index contributed by atoms with van der Waals surface area (Å²) in [5, 5.41) is -0.411. The van der Waals surface area contributed by atoms with E-state index in [2.05, 4.69) is 0 Å². The normalized spacial score (nSPS) is 12.7. The maximum absolute atomic E-state index is 11.9. The molecule has 15 heavy (non-hydrogen) atoms. The summed E-state index contributed by atoms with van der Waals surface area (Å²) in [6.45, 7) is 7.41. The predicted octanol–water partition coefficient (Wildman–Crippen LogP) is 1.11. The van der Waals surface area contributed by atoms with E-state index in [1.807, 2.05) is 13.8 Å². The highest BCUT2D eigenvalue weighted by atomic mass is 32.2. The van der Waals surface area contributed by atoms with Crippen LogP contribution < -0.4 is 5.73 Å². The first-order valence-electron chi connectivity index (χ1n) is 4.98. The number of sulfonamides is 1. The van der Waals surface area contributed by atoms with Gasteiger partial charge in [-0.3, -0.25) is 0 Å². The maximum atomic E-state index is 11.9. The quantitative estimate of drug-likeness (QED) is 0.719. The Kier molecular flexibility index (Phi) is 5.69. The van der Waals surface area contributed by atoms with Gasteiger partial charge in [0.25, 0.3) is 0 Å². The van der Waals surface area contributed by atoms with Crippen molar-refractivity contribution in [2.24, 2.45) is 5.73 Å². The molecule has 0 aromatic heterocycles. The smallest absolute Gasteiger partial charge is 0.216 e. The molecule has 0 aliphatic carbocycles. The molecular weight excluding hydrogens is 232 g/mol. The molecule has 6 heteroatoms. The number of hydrogen-bond donors (Lipinski definition) is 1. The first kappa shape index (κ1) is 14.8. The molecule has 0 atom stereocenters. The number of hydrogen-bond acceptors (Lipinski definition) is 3. The molecule has 0 spiro atoms. The van der Waals surface area contributed by atoms with Crippen molar-refractivity contribution in [3.63, 3.8) is 0 Å². The third kappa shape index (κ3) is 4.44. The minimum atomic E-state index is -3.22. The van der Waals surface area contributed by atoms with Gasteiger partial charge in [-0.2, -0.15) is 4.31 Å². The molecule has 0 bridgehead atoms. The third-order valence-electron chi connectivity index (χ3n) is 2.08. The highest BCUT2D eigenvalue weighted by Crippen LogP contribution is 2.13. The van der Waals surface area contributed by atoms with Crippen LogP contribution in [0.25, 0.3) is 0 Å². The van der Waals surface area contributed by atoms with Gasteiger partial charge in [0.1, 0.15) is 0 Å². The van der Waals surface area contributed by atoms with Gasteiger partial charge >= 0.3 is 0 Å². The van der Waals surface area contributed by atoms with Gasteiger partial charge in [0.15, 0.2) is 0 Å². The van der Waals surface area contributed by atoms with E-state index in [4.69, 9.17) is 18.0 Å². The highest BCUT2D eigenvalue weighted by Gasteiger charge is 2.27. The van der Waals surface area contributed by atoms with Crippen molar-refractivity contribution in [2.75, 3.05) is 6.54 Å². The summed E-state index contributed by atoms with van der Waals surface area (Å²) in [5.74, 6) is 0. The van der Waals surface area contributed by atoms with Crippen molar-refractivity contribution in [1.29, 1.82) is 0 Å². The zero-order valence-electron chi connectivity index (χ0n) is 9.73. The second kappa shape index (κ2) is 5.77. The van der Waals surface area contributed by atoms with Gasteiger partial charge in [-0.1, -0.05) is 12.2 Å². The van der Waals surface area contributed by atoms with Crippen LogP contribution in [0.1, 0.15) is 34.1 Å². The molecule has 4 nitrogen and oxygen atoms in total. The lowest BCUT2D eigenvalue weighted by molar-refractivity contribution is 0.358. The lowest BCUT2D eigenvalue weighted by Gasteiger charge is -2.27. The van der Waals surface area contributed by atoms with E-state index in [9.17, 15) is 8.42 Å². The van der Waals surface area contributed by atoms with Crippen LogP contribution in [0, 0.1) is 0 Å². The largest absolute Gasteiger partial charge is 0.393 e. The zero-order valence-corrected chi connectivity index (χ0v) is 11.4. The predicted molar refractivity (Wildman–Crippen MR) is 67.3 cm³/mol. The van der Waals surface area contributed by atoms with E-state index < -0.39 is 15.3 Å². The fraction of sp³-hybridized carbons (Fsp3) is 0.889. The van der Waals surface area contributed by atoms with E-state index in [0.29, 0.717) is 18.0 Å². The van der Waals surface area contributed by atoms with Crippen LogP contribution in [-0.2, 0) is 10.0 Å². The minimum absolute atomic E-state index is 0.0632. The summed E-state index contributed by atoms with van der Waals surface area (Å²) in [6, 6.07) is -0.0632. The van der Waals surface area contributed by atoms with Gasteiger partial charge in [0.2, 0.25) is 10.0 Å². The molecule has 0 aliphatic rings. The van der Waals surface area contributed by atoms with Gasteiger partial charge in [-0.05, 0) is 27.7 Å². The van der Waals surface area contributed by atoms with Crippen LogP contribution in [-0.4, -0.2) is 35.5 Å². The Morgan fingerprint density at radius 3 is 2.07 bits per heavy atom. The van der Waals surface area contributed by atoms with Gasteiger partial charge < -0.3 is 5.73 Å². The molecule has 0 aromatic carbocycles. The SMILES string of the molecule is CC(C)N(CCC(N)=S)S(=O)(=O)C(C)C. The van der Waals surface area contributed by atoms with E-state index in [1.54, 1.807) is 13.8 Å². The van der Waals surface area contributed by atoms with Crippen molar-refractivity contribution < 1.29 is 8.42 Å². The average molecular weight is 252 g/mol. The molecule has 0 unspecified atom stereocenters. The maximum Gasteiger partial charge on any atom is 0.216 e. The summed E-state index contributed by atoms with van der Waals surface area (Å²) >= 11 is 4.75. The molecule has 0 aromatic rings. The van der Waals surface area contributed by atoms with Gasteiger partial charge in [0.05, 0.1) is 10.2 Å². The summed E-state index contributed by atoms with van der Waals surface area (Å²) < 4.78 is 25.3. The number of thiocarbonyl (C=S) groups is 1. The highest BCUT2D eigenvalue weighted by molar-refractivity contribution is 7.89. The fourth-order valence-corrected chi connectivity index (χ4v) is 2.74. The Balaban J connectivity index is 4.75. The number of rotatable bonds is 6. The molecule has 0 fully saturated rings. The fourth-order valence-electron chi connectivity index (χ4n) is 1.17. The third-order valence-corrected chi connectivity index (χ3v) is 4.73. The number of nitrogens with two attached hydrogens (primary N) is 1. The Morgan fingerprint density at radius 2 is 1.80 bits per heavy atom. The Hall–Kier alpha value is -0.200. The molecule has 0 amide bonds. The van der Waals surface area contributed by atoms with Gasteiger partial charge in [0, 0.05) is 19.0 Å². The molecule has 0 rings (SSSR count). The zero-order chi connectivity index (χ0) is 12.2. The Bertz CT molecular complexity index is 310. The van der Waals surface area contributed by atoms with Crippen LogP contribution in [0.5, 0.6) is 0 Å². The Labute approximate surface area is 97.9 Å². The summed E-state index contributed by atoms with van der Waals surface area (Å²) in [7, 11) is -3.22. The second-order valence-corrected chi connectivity index (χ2v) is 6.98.